The number of ether oxygens (including phenoxy) is 2. The van der Waals surface area contributed by atoms with Crippen LogP contribution in [0, 0.1) is 0 Å². The zero-order valence-corrected chi connectivity index (χ0v) is 15.8. The number of benzene rings is 1. The minimum Gasteiger partial charge on any atom is -0.482 e. The Morgan fingerprint density at radius 3 is 2.73 bits per heavy atom. The highest BCUT2D eigenvalue weighted by atomic mass is 32.2. The Morgan fingerprint density at radius 1 is 1.27 bits per heavy atom. The van der Waals surface area contributed by atoms with Crippen LogP contribution in [0.1, 0.15) is 20.3 Å². The van der Waals surface area contributed by atoms with Gasteiger partial charge in [-0.2, -0.15) is 0 Å². The number of rotatable bonds is 6. The van der Waals surface area contributed by atoms with E-state index in [2.05, 4.69) is 14.9 Å². The number of nitrogens with one attached hydrogen (secondary N) is 2. The van der Waals surface area contributed by atoms with Crippen molar-refractivity contribution < 1.29 is 22.7 Å². The summed E-state index contributed by atoms with van der Waals surface area (Å²) in [5, 5.41) is 2.62. The summed E-state index contributed by atoms with van der Waals surface area (Å²) in [6.07, 6.45) is 1.11. The first kappa shape index (κ1) is 19.1. The first-order chi connectivity index (χ1) is 12.3. The van der Waals surface area contributed by atoms with E-state index in [9.17, 15) is 13.2 Å². The molecule has 0 saturated carbocycles. The smallest absolute Gasteiger partial charge is 0.262 e. The van der Waals surface area contributed by atoms with Gasteiger partial charge in [0.25, 0.3) is 5.91 Å². The molecule has 2 N–H and O–H groups in total. The van der Waals surface area contributed by atoms with E-state index in [0.717, 1.165) is 19.6 Å². The van der Waals surface area contributed by atoms with Crippen LogP contribution in [-0.2, 0) is 19.6 Å². The van der Waals surface area contributed by atoms with Gasteiger partial charge in [0.15, 0.2) is 6.61 Å². The maximum absolute atomic E-state index is 12.5. The van der Waals surface area contributed by atoms with Gasteiger partial charge < -0.3 is 14.8 Å². The second-order valence-corrected chi connectivity index (χ2v) is 8.53. The largest absolute Gasteiger partial charge is 0.482 e. The SMILES string of the molecule is CC1CN(CCCNS(=O)(=O)c2ccc3c(c2)NC(=O)CO3)CC(C)O1. The van der Waals surface area contributed by atoms with Crippen molar-refractivity contribution in [3.8, 4) is 5.75 Å². The molecule has 1 saturated heterocycles. The van der Waals surface area contributed by atoms with E-state index in [1.807, 2.05) is 13.8 Å². The summed E-state index contributed by atoms with van der Waals surface area (Å²) >= 11 is 0. The predicted octanol–water partition coefficient (Wildman–Crippen LogP) is 0.795. The second kappa shape index (κ2) is 7.91. The van der Waals surface area contributed by atoms with Crippen LogP contribution in [0.4, 0.5) is 5.69 Å². The lowest BCUT2D eigenvalue weighted by Crippen LogP contribution is -2.46. The highest BCUT2D eigenvalue weighted by Crippen LogP contribution is 2.29. The third-order valence-corrected chi connectivity index (χ3v) is 5.79. The molecule has 1 amide bonds. The van der Waals surface area contributed by atoms with Crippen molar-refractivity contribution in [1.29, 1.82) is 0 Å². The third-order valence-electron chi connectivity index (χ3n) is 4.33. The molecular weight excluding hydrogens is 358 g/mol. The van der Waals surface area contributed by atoms with E-state index in [0.29, 0.717) is 24.4 Å². The number of hydrogen-bond donors (Lipinski definition) is 2. The standard InChI is InChI=1S/C17H25N3O5S/c1-12-9-20(10-13(2)25-12)7-3-6-18-26(22,23)14-4-5-16-15(8-14)19-17(21)11-24-16/h4-5,8,12-13,18H,3,6-7,9-11H2,1-2H3,(H,19,21). The number of carbonyl (C=O) groups excluding carboxylic acids is 1. The molecule has 0 spiro atoms. The fraction of sp³-hybridized carbons (Fsp3) is 0.588. The number of nitrogens with zero attached hydrogens (tertiary/aromatic N) is 1. The normalized spacial score (nSPS) is 23.8. The summed E-state index contributed by atoms with van der Waals surface area (Å²) in [5.74, 6) is 0.174. The van der Waals surface area contributed by atoms with Crippen LogP contribution < -0.4 is 14.8 Å². The second-order valence-electron chi connectivity index (χ2n) is 6.76. The minimum absolute atomic E-state index is 0.0594. The van der Waals surface area contributed by atoms with Crippen LogP contribution in [0.2, 0.25) is 0 Å². The molecule has 0 aliphatic carbocycles. The summed E-state index contributed by atoms with van der Waals surface area (Å²) < 4.78 is 38.5. The topological polar surface area (TPSA) is 97.0 Å². The molecule has 0 bridgehead atoms. The average Bonchev–Trinajstić information content (AvgIpc) is 2.57. The van der Waals surface area contributed by atoms with Crippen LogP contribution in [0.3, 0.4) is 0 Å². The lowest BCUT2D eigenvalue weighted by atomic mass is 10.2. The average molecular weight is 383 g/mol. The number of sulfonamides is 1. The Hall–Kier alpha value is -1.68. The molecule has 1 fully saturated rings. The molecule has 0 aromatic heterocycles. The molecule has 144 valence electrons. The summed E-state index contributed by atoms with van der Waals surface area (Å²) in [7, 11) is -3.64. The maximum atomic E-state index is 12.5. The van der Waals surface area contributed by atoms with Crippen LogP contribution >= 0.6 is 0 Å². The van der Waals surface area contributed by atoms with Crippen LogP contribution in [0.25, 0.3) is 0 Å². The van der Waals surface area contributed by atoms with Gasteiger partial charge in [0.1, 0.15) is 5.75 Å². The van der Waals surface area contributed by atoms with Crippen molar-refractivity contribution in [2.75, 3.05) is 38.1 Å². The van der Waals surface area contributed by atoms with E-state index < -0.39 is 10.0 Å². The van der Waals surface area contributed by atoms with Gasteiger partial charge in [-0.05, 0) is 45.0 Å². The van der Waals surface area contributed by atoms with Crippen LogP contribution in [-0.4, -0.2) is 64.2 Å². The lowest BCUT2D eigenvalue weighted by molar-refractivity contribution is -0.118. The van der Waals surface area contributed by atoms with Gasteiger partial charge in [0.2, 0.25) is 10.0 Å². The van der Waals surface area contributed by atoms with E-state index in [1.165, 1.54) is 12.1 Å². The quantitative estimate of drug-likeness (QED) is 0.705. The molecule has 2 unspecified atom stereocenters. The molecule has 3 rings (SSSR count). The number of morpholine rings is 1. The molecule has 9 heteroatoms. The number of amides is 1. The molecule has 0 radical (unpaired) electrons. The monoisotopic (exact) mass is 383 g/mol. The highest BCUT2D eigenvalue weighted by molar-refractivity contribution is 7.89. The van der Waals surface area contributed by atoms with Crippen molar-refractivity contribution >= 4 is 21.6 Å². The molecule has 2 atom stereocenters. The van der Waals surface area contributed by atoms with Crippen LogP contribution in [0.5, 0.6) is 5.75 Å². The molecule has 2 aliphatic rings. The Labute approximate surface area is 153 Å². The van der Waals surface area contributed by atoms with Gasteiger partial charge in [-0.1, -0.05) is 0 Å². The van der Waals surface area contributed by atoms with Crippen molar-refractivity contribution in [1.82, 2.24) is 9.62 Å². The summed E-state index contributed by atoms with van der Waals surface area (Å²) in [4.78, 5) is 13.8. The van der Waals surface area contributed by atoms with Crippen LogP contribution in [0.15, 0.2) is 23.1 Å². The summed E-state index contributed by atoms with van der Waals surface area (Å²) in [5.41, 5.74) is 0.375. The Kier molecular flexibility index (Phi) is 5.81. The van der Waals surface area contributed by atoms with Gasteiger partial charge >= 0.3 is 0 Å². The van der Waals surface area contributed by atoms with Gasteiger partial charge in [-0.25, -0.2) is 13.1 Å². The maximum Gasteiger partial charge on any atom is 0.262 e. The van der Waals surface area contributed by atoms with Crippen molar-refractivity contribution in [2.45, 2.75) is 37.4 Å². The number of hydrogen-bond acceptors (Lipinski definition) is 6. The lowest BCUT2D eigenvalue weighted by Gasteiger charge is -2.35. The fourth-order valence-electron chi connectivity index (χ4n) is 3.29. The van der Waals surface area contributed by atoms with E-state index in [-0.39, 0.29) is 29.6 Å². The molecule has 1 aromatic carbocycles. The first-order valence-corrected chi connectivity index (χ1v) is 10.3. The van der Waals surface area contributed by atoms with E-state index >= 15 is 0 Å². The number of anilines is 1. The molecule has 26 heavy (non-hydrogen) atoms. The molecular formula is C17H25N3O5S. The summed E-state index contributed by atoms with van der Waals surface area (Å²) in [6.45, 7) is 6.92. The molecule has 8 nitrogen and oxygen atoms in total. The van der Waals surface area contributed by atoms with Gasteiger partial charge in [-0.15, -0.1) is 0 Å². The van der Waals surface area contributed by atoms with E-state index in [4.69, 9.17) is 9.47 Å². The van der Waals surface area contributed by atoms with Crippen molar-refractivity contribution in [2.24, 2.45) is 0 Å². The Balaban J connectivity index is 1.53. The van der Waals surface area contributed by atoms with Gasteiger partial charge in [-0.3, -0.25) is 9.69 Å². The van der Waals surface area contributed by atoms with Gasteiger partial charge in [0, 0.05) is 19.6 Å². The number of fused-ring (bicyclic) bond motifs is 1. The molecule has 2 aliphatic heterocycles. The zero-order valence-electron chi connectivity index (χ0n) is 15.0. The fourth-order valence-corrected chi connectivity index (χ4v) is 4.39. The van der Waals surface area contributed by atoms with Gasteiger partial charge in [0.05, 0.1) is 22.8 Å². The molecule has 1 aromatic rings. The predicted molar refractivity (Wildman–Crippen MR) is 96.8 cm³/mol. The van der Waals surface area contributed by atoms with Crippen molar-refractivity contribution in [3.05, 3.63) is 18.2 Å². The van der Waals surface area contributed by atoms with Crippen molar-refractivity contribution in [3.63, 3.8) is 0 Å². The third kappa shape index (κ3) is 4.73. The Bertz CT molecular complexity index is 758. The zero-order chi connectivity index (χ0) is 18.7. The summed E-state index contributed by atoms with van der Waals surface area (Å²) in [6, 6.07) is 4.45. The Morgan fingerprint density at radius 2 is 2.00 bits per heavy atom. The van der Waals surface area contributed by atoms with E-state index in [1.54, 1.807) is 6.07 Å². The highest BCUT2D eigenvalue weighted by Gasteiger charge is 2.23. The number of carbonyl (C=O) groups is 1. The first-order valence-electron chi connectivity index (χ1n) is 8.77. The molecule has 2 heterocycles. The minimum atomic E-state index is -3.64.